The smallest absolute Gasteiger partial charge is 0.0799 e. The van der Waals surface area contributed by atoms with Crippen LogP contribution in [0.1, 0.15) is 65.2 Å². The quantitative estimate of drug-likeness (QED) is 0.536. The van der Waals surface area contributed by atoms with E-state index in [9.17, 15) is 0 Å². The van der Waals surface area contributed by atoms with Crippen LogP contribution in [0.4, 0.5) is 0 Å². The lowest BCUT2D eigenvalue weighted by atomic mass is 9.95. The molecule has 0 spiro atoms. The molecule has 0 radical (unpaired) electrons. The Balaban J connectivity index is 0.00000121. The molecule has 1 saturated heterocycles. The van der Waals surface area contributed by atoms with E-state index in [2.05, 4.69) is 13.8 Å². The van der Waals surface area contributed by atoms with Gasteiger partial charge in [0.1, 0.15) is 0 Å². The molecule has 1 N–H and O–H groups in total. The Morgan fingerprint density at radius 2 is 1.82 bits per heavy atom. The Bertz CT molecular complexity index is 177. The lowest BCUT2D eigenvalue weighted by molar-refractivity contribution is -0.909. The summed E-state index contributed by atoms with van der Waals surface area (Å²) in [6.07, 6.45) is 11.6. The molecule has 0 saturated carbocycles. The molecule has 0 aliphatic carbocycles. The zero-order valence-corrected chi connectivity index (χ0v) is 11.8. The molecule has 100 valence electrons. The molecule has 17 heavy (non-hydrogen) atoms. The van der Waals surface area contributed by atoms with Gasteiger partial charge in [0, 0.05) is 5.92 Å². The predicted molar refractivity (Wildman–Crippen MR) is 72.3 cm³/mol. The van der Waals surface area contributed by atoms with Gasteiger partial charge in [0.05, 0.1) is 19.6 Å². The highest BCUT2D eigenvalue weighted by Gasteiger charge is 2.20. The van der Waals surface area contributed by atoms with Gasteiger partial charge in [0.15, 0.2) is 0 Å². The molecule has 0 aromatic carbocycles. The molecule has 1 aliphatic rings. The first kappa shape index (κ1) is 16.4. The largest absolute Gasteiger partial charge is 0.512 e. The van der Waals surface area contributed by atoms with Crippen LogP contribution in [0, 0.1) is 17.8 Å². The second kappa shape index (κ2) is 11.9. The van der Waals surface area contributed by atoms with Crippen LogP contribution in [0.15, 0.2) is 0 Å². The fraction of sp³-hybridized carbons (Fsp3) is 0.933. The van der Waals surface area contributed by atoms with E-state index in [1.165, 1.54) is 71.0 Å². The number of nitrogens with zero attached hydrogens (tertiary/aromatic N) is 1. The van der Waals surface area contributed by atoms with Crippen molar-refractivity contribution in [2.24, 2.45) is 5.92 Å². The predicted octanol–water partition coefficient (Wildman–Crippen LogP) is 2.76. The molecular formula is C15H30N2. The van der Waals surface area contributed by atoms with Crippen molar-refractivity contribution in [2.45, 2.75) is 65.2 Å². The monoisotopic (exact) mass is 238 g/mol. The molecule has 1 rings (SSSR count). The number of hydrogen-bond acceptors (Lipinski definition) is 1. The summed E-state index contributed by atoms with van der Waals surface area (Å²) in [4.78, 5) is 1.89. The van der Waals surface area contributed by atoms with Crippen LogP contribution in [0.3, 0.4) is 0 Å². The van der Waals surface area contributed by atoms with Gasteiger partial charge in [-0.2, -0.15) is 0 Å². The van der Waals surface area contributed by atoms with E-state index < -0.39 is 0 Å². The van der Waals surface area contributed by atoms with E-state index in [4.69, 9.17) is 11.8 Å². The summed E-state index contributed by atoms with van der Waals surface area (Å²) in [5.41, 5.74) is 0. The van der Waals surface area contributed by atoms with E-state index in [1.807, 2.05) is 4.90 Å². The van der Waals surface area contributed by atoms with Gasteiger partial charge in [-0.1, -0.05) is 33.1 Å². The number of hydrogen-bond donors (Lipinski definition) is 1. The Morgan fingerprint density at radius 3 is 2.47 bits per heavy atom. The summed E-state index contributed by atoms with van der Waals surface area (Å²) in [7, 11) is 0. The van der Waals surface area contributed by atoms with Crippen molar-refractivity contribution in [2.75, 3.05) is 19.6 Å². The molecule has 0 bridgehead atoms. The summed E-state index contributed by atoms with van der Waals surface area (Å²) in [6.45, 7) is 13.8. The van der Waals surface area contributed by atoms with Crippen LogP contribution in [-0.2, 0) is 0 Å². The molecule has 2 atom stereocenters. The Hall–Kier alpha value is -0.550. The molecule has 2 nitrogen and oxygen atoms in total. The van der Waals surface area contributed by atoms with Crippen molar-refractivity contribution in [3.05, 3.63) is 6.57 Å². The molecular weight excluding hydrogens is 208 g/mol. The van der Waals surface area contributed by atoms with Crippen LogP contribution in [0.25, 0.3) is 0 Å². The number of rotatable bonds is 7. The summed E-state index contributed by atoms with van der Waals surface area (Å²) in [5, 5.41) is 6.25. The van der Waals surface area contributed by atoms with Crippen molar-refractivity contribution >= 4 is 0 Å². The summed E-state index contributed by atoms with van der Waals surface area (Å²) >= 11 is 0. The van der Waals surface area contributed by atoms with Gasteiger partial charge in [-0.25, -0.2) is 0 Å². The normalized spacial score (nSPS) is 23.8. The first-order valence-electron chi connectivity index (χ1n) is 7.42. The molecule has 1 aliphatic heterocycles. The van der Waals surface area contributed by atoms with Crippen LogP contribution in [-0.4, -0.2) is 19.6 Å². The maximum Gasteiger partial charge on any atom is 0.0799 e. The van der Waals surface area contributed by atoms with Gasteiger partial charge in [-0.3, -0.25) is 0 Å². The third-order valence-corrected chi connectivity index (χ3v) is 3.93. The summed E-state index contributed by atoms with van der Waals surface area (Å²) in [5.74, 6) is 1.03. The minimum absolute atomic E-state index is 1.03. The van der Waals surface area contributed by atoms with Gasteiger partial charge >= 0.3 is 0 Å². The third kappa shape index (κ3) is 8.21. The molecule has 2 heteroatoms. The Kier molecular flexibility index (Phi) is 11.5. The molecule has 1 fully saturated rings. The fourth-order valence-electron chi connectivity index (χ4n) is 2.81. The average Bonchev–Trinajstić information content (AvgIpc) is 2.41. The maximum atomic E-state index is 6.25. The second-order valence-electron chi connectivity index (χ2n) is 5.28. The minimum atomic E-state index is 1.03. The highest BCUT2D eigenvalue weighted by atomic mass is 15.1. The van der Waals surface area contributed by atoms with Crippen molar-refractivity contribution in [1.29, 1.82) is 5.26 Å². The first-order valence-corrected chi connectivity index (χ1v) is 7.42. The van der Waals surface area contributed by atoms with E-state index in [1.54, 1.807) is 0 Å². The van der Waals surface area contributed by atoms with Crippen LogP contribution >= 0.6 is 0 Å². The number of likely N-dealkylation sites (tertiary alicyclic amines) is 1. The van der Waals surface area contributed by atoms with Gasteiger partial charge in [0.25, 0.3) is 0 Å². The van der Waals surface area contributed by atoms with Crippen molar-refractivity contribution in [3.63, 3.8) is 0 Å². The molecule has 0 aromatic heterocycles. The number of unbranched alkanes of at least 4 members (excludes halogenated alkanes) is 4. The molecule has 1 heterocycles. The Morgan fingerprint density at radius 1 is 1.12 bits per heavy atom. The van der Waals surface area contributed by atoms with Gasteiger partial charge in [-0.05, 0) is 32.1 Å². The standard InChI is InChI=1S/C14H29N.CN/c1-3-5-6-7-8-11-15-12-9-10-14(4-2)13-15;1-2/h14H,3-13H2,1-2H3;/q;-1/p+1. The lowest BCUT2D eigenvalue weighted by Gasteiger charge is -2.29. The number of nitrogens with one attached hydrogen (secondary N) is 1. The van der Waals surface area contributed by atoms with Crippen molar-refractivity contribution in [1.82, 2.24) is 0 Å². The van der Waals surface area contributed by atoms with Crippen molar-refractivity contribution < 1.29 is 4.90 Å². The lowest BCUT2D eigenvalue weighted by Crippen LogP contribution is -3.13. The summed E-state index contributed by atoms with van der Waals surface area (Å²) in [6, 6.07) is 0. The highest BCUT2D eigenvalue weighted by molar-refractivity contribution is 4.59. The minimum Gasteiger partial charge on any atom is -0.512 e. The van der Waals surface area contributed by atoms with Crippen LogP contribution in [0.2, 0.25) is 0 Å². The average molecular weight is 238 g/mol. The van der Waals surface area contributed by atoms with Gasteiger partial charge < -0.3 is 16.7 Å². The number of piperidine rings is 1. The van der Waals surface area contributed by atoms with E-state index >= 15 is 0 Å². The van der Waals surface area contributed by atoms with Crippen LogP contribution < -0.4 is 4.90 Å². The van der Waals surface area contributed by atoms with Gasteiger partial charge in [-0.15, -0.1) is 0 Å². The molecule has 2 unspecified atom stereocenters. The fourth-order valence-corrected chi connectivity index (χ4v) is 2.81. The highest BCUT2D eigenvalue weighted by Crippen LogP contribution is 2.10. The topological polar surface area (TPSA) is 28.2 Å². The number of quaternary nitrogens is 1. The second-order valence-corrected chi connectivity index (χ2v) is 5.28. The van der Waals surface area contributed by atoms with E-state index in [0.717, 1.165) is 5.92 Å². The first-order chi connectivity index (χ1) is 8.36. The SMILES string of the molecule is CCCCCCC[NH+]1CCCC(CC)C1.[C-]#N. The molecule has 0 aromatic rings. The van der Waals surface area contributed by atoms with Crippen molar-refractivity contribution in [3.8, 4) is 0 Å². The zero-order valence-electron chi connectivity index (χ0n) is 11.8. The van der Waals surface area contributed by atoms with E-state index in [0.29, 0.717) is 0 Å². The summed E-state index contributed by atoms with van der Waals surface area (Å²) < 4.78 is 0. The zero-order chi connectivity index (χ0) is 12.9. The van der Waals surface area contributed by atoms with E-state index in [-0.39, 0.29) is 0 Å². The van der Waals surface area contributed by atoms with Crippen LogP contribution in [0.5, 0.6) is 0 Å². The molecule has 0 amide bonds. The third-order valence-electron chi connectivity index (χ3n) is 3.93. The van der Waals surface area contributed by atoms with Gasteiger partial charge in [0.2, 0.25) is 0 Å². The Labute approximate surface area is 108 Å². The maximum absolute atomic E-state index is 6.25.